The zero-order chi connectivity index (χ0) is 15.9. The van der Waals surface area contributed by atoms with Crippen LogP contribution in [0, 0.1) is 0 Å². The van der Waals surface area contributed by atoms with E-state index in [9.17, 15) is 13.2 Å². The summed E-state index contributed by atoms with van der Waals surface area (Å²) in [5, 5.41) is 0. The molecule has 0 bridgehead atoms. The average Bonchev–Trinajstić information content (AvgIpc) is 2.43. The average molecular weight is 322 g/mol. The first kappa shape index (κ1) is 18.3. The predicted molar refractivity (Wildman–Crippen MR) is 79.3 cm³/mol. The minimum atomic E-state index is -4.26. The molecule has 21 heavy (non-hydrogen) atoms. The molecule has 120 valence electrons. The summed E-state index contributed by atoms with van der Waals surface area (Å²) >= 11 is -0.108. The largest absolute Gasteiger partial charge is 0.446 e. The molecule has 0 fully saturated rings. The maximum atomic E-state index is 12.3. The first-order valence-electron chi connectivity index (χ1n) is 6.70. The lowest BCUT2D eigenvalue weighted by Crippen LogP contribution is -2.35. The van der Waals surface area contributed by atoms with Crippen LogP contribution in [0.25, 0.3) is 0 Å². The highest BCUT2D eigenvalue weighted by Crippen LogP contribution is 2.37. The molecule has 0 heterocycles. The minimum absolute atomic E-state index is 0.0184. The van der Waals surface area contributed by atoms with Crippen molar-refractivity contribution in [2.24, 2.45) is 5.73 Å². The number of alkyl halides is 3. The number of hydrogen-bond acceptors (Lipinski definition) is 4. The third-order valence-corrected chi connectivity index (χ3v) is 3.89. The lowest BCUT2D eigenvalue weighted by atomic mass is 10.1. The molecule has 7 heteroatoms. The van der Waals surface area contributed by atoms with Gasteiger partial charge in [0.2, 0.25) is 0 Å². The van der Waals surface area contributed by atoms with E-state index in [4.69, 9.17) is 10.5 Å². The molecule has 0 radical (unpaired) electrons. The topological polar surface area (TPSA) is 38.5 Å². The second-order valence-electron chi connectivity index (χ2n) is 4.49. The minimum Gasteiger partial charge on any atom is -0.383 e. The van der Waals surface area contributed by atoms with Crippen LogP contribution in [-0.2, 0) is 4.74 Å². The van der Waals surface area contributed by atoms with E-state index >= 15 is 0 Å². The fourth-order valence-corrected chi connectivity index (χ4v) is 2.67. The number of nitrogens with two attached hydrogens (primary N) is 1. The monoisotopic (exact) mass is 322 g/mol. The Balaban J connectivity index is 2.81. The molecule has 0 saturated carbocycles. The van der Waals surface area contributed by atoms with Crippen molar-refractivity contribution in [3.05, 3.63) is 29.8 Å². The van der Waals surface area contributed by atoms with Crippen LogP contribution in [0.5, 0.6) is 0 Å². The van der Waals surface area contributed by atoms with Crippen LogP contribution in [-0.4, -0.2) is 43.8 Å². The fourth-order valence-electron chi connectivity index (χ4n) is 2.13. The highest BCUT2D eigenvalue weighted by Gasteiger charge is 2.29. The molecule has 0 aliphatic rings. The van der Waals surface area contributed by atoms with Gasteiger partial charge >= 0.3 is 5.51 Å². The van der Waals surface area contributed by atoms with Gasteiger partial charge in [0.15, 0.2) is 0 Å². The molecule has 0 saturated heterocycles. The molecule has 0 spiro atoms. The number of hydrogen-bond donors (Lipinski definition) is 1. The van der Waals surface area contributed by atoms with Crippen LogP contribution >= 0.6 is 11.8 Å². The van der Waals surface area contributed by atoms with E-state index < -0.39 is 5.51 Å². The van der Waals surface area contributed by atoms with Gasteiger partial charge in [-0.25, -0.2) is 0 Å². The molecule has 0 amide bonds. The Hall–Kier alpha value is -0.760. The van der Waals surface area contributed by atoms with Gasteiger partial charge in [0.1, 0.15) is 0 Å². The van der Waals surface area contributed by atoms with Gasteiger partial charge in [-0.15, -0.1) is 0 Å². The van der Waals surface area contributed by atoms with Crippen molar-refractivity contribution in [1.82, 2.24) is 4.90 Å². The number of rotatable bonds is 8. The van der Waals surface area contributed by atoms with Gasteiger partial charge in [-0.3, -0.25) is 4.90 Å². The number of thioether (sulfide) groups is 1. The van der Waals surface area contributed by atoms with E-state index in [0.29, 0.717) is 13.2 Å². The standard InChI is InChI=1S/C14H21F3N2OS/c1-3-19(8-9-20-2)13(10-18)11-4-6-12(7-5-11)21-14(15,16)17/h4-7,13H,3,8-10,18H2,1-2H3. The molecule has 1 aromatic rings. The maximum Gasteiger partial charge on any atom is 0.446 e. The molecule has 1 rings (SSSR count). The molecule has 3 nitrogen and oxygen atoms in total. The lowest BCUT2D eigenvalue weighted by Gasteiger charge is -2.30. The zero-order valence-electron chi connectivity index (χ0n) is 12.2. The molecule has 0 aromatic heterocycles. The van der Waals surface area contributed by atoms with Crippen LogP contribution in [0.2, 0.25) is 0 Å². The summed E-state index contributed by atoms with van der Waals surface area (Å²) in [6.45, 7) is 4.54. The van der Waals surface area contributed by atoms with Gasteiger partial charge in [-0.1, -0.05) is 19.1 Å². The number of methoxy groups -OCH3 is 1. The summed E-state index contributed by atoms with van der Waals surface area (Å²) in [7, 11) is 1.63. The molecule has 1 unspecified atom stereocenters. The van der Waals surface area contributed by atoms with Crippen LogP contribution < -0.4 is 5.73 Å². The van der Waals surface area contributed by atoms with E-state index in [1.54, 1.807) is 19.2 Å². The Morgan fingerprint density at radius 1 is 1.29 bits per heavy atom. The third kappa shape index (κ3) is 6.25. The molecular formula is C14H21F3N2OS. The molecule has 1 atom stereocenters. The normalized spacial score (nSPS) is 13.7. The van der Waals surface area contributed by atoms with Gasteiger partial charge in [0.25, 0.3) is 0 Å². The Kier molecular flexibility index (Phi) is 7.51. The summed E-state index contributed by atoms with van der Waals surface area (Å²) in [6, 6.07) is 6.37. The molecule has 1 aromatic carbocycles. The van der Waals surface area contributed by atoms with E-state index in [1.807, 2.05) is 6.92 Å². The van der Waals surface area contributed by atoms with Gasteiger partial charge in [-0.05, 0) is 36.0 Å². The molecule has 2 N–H and O–H groups in total. The number of nitrogens with zero attached hydrogens (tertiary/aromatic N) is 1. The van der Waals surface area contributed by atoms with Gasteiger partial charge in [0, 0.05) is 31.1 Å². The van der Waals surface area contributed by atoms with Crippen LogP contribution in [0.4, 0.5) is 13.2 Å². The van der Waals surface area contributed by atoms with Crippen LogP contribution in [0.15, 0.2) is 29.2 Å². The van der Waals surface area contributed by atoms with E-state index in [-0.39, 0.29) is 22.7 Å². The first-order chi connectivity index (χ1) is 9.91. The van der Waals surface area contributed by atoms with Crippen molar-refractivity contribution in [3.63, 3.8) is 0 Å². The lowest BCUT2D eigenvalue weighted by molar-refractivity contribution is -0.0328. The quantitative estimate of drug-likeness (QED) is 0.746. The number of ether oxygens (including phenoxy) is 1. The summed E-state index contributed by atoms with van der Waals surface area (Å²) in [5.74, 6) is 0. The molecule has 0 aliphatic heterocycles. The SMILES string of the molecule is CCN(CCOC)C(CN)c1ccc(SC(F)(F)F)cc1. The van der Waals surface area contributed by atoms with Crippen LogP contribution in [0.1, 0.15) is 18.5 Å². The number of likely N-dealkylation sites (N-methyl/N-ethyl adjacent to an activating group) is 1. The highest BCUT2D eigenvalue weighted by molar-refractivity contribution is 8.00. The Labute approximate surface area is 127 Å². The summed E-state index contributed by atoms with van der Waals surface area (Å²) in [6.07, 6.45) is 0. The summed E-state index contributed by atoms with van der Waals surface area (Å²) < 4.78 is 42.0. The summed E-state index contributed by atoms with van der Waals surface area (Å²) in [4.78, 5) is 2.33. The van der Waals surface area contributed by atoms with Crippen molar-refractivity contribution >= 4 is 11.8 Å². The first-order valence-corrected chi connectivity index (χ1v) is 7.51. The summed E-state index contributed by atoms with van der Waals surface area (Å²) in [5.41, 5.74) is 2.48. The Morgan fingerprint density at radius 3 is 2.33 bits per heavy atom. The maximum absolute atomic E-state index is 12.3. The van der Waals surface area contributed by atoms with Crippen molar-refractivity contribution in [2.45, 2.75) is 23.4 Å². The molecular weight excluding hydrogens is 301 g/mol. The number of halogens is 3. The Bertz CT molecular complexity index is 412. The van der Waals surface area contributed by atoms with Gasteiger partial charge in [-0.2, -0.15) is 13.2 Å². The van der Waals surface area contributed by atoms with Gasteiger partial charge in [0.05, 0.1) is 6.61 Å². The van der Waals surface area contributed by atoms with Crippen molar-refractivity contribution in [3.8, 4) is 0 Å². The zero-order valence-corrected chi connectivity index (χ0v) is 13.0. The van der Waals surface area contributed by atoms with E-state index in [2.05, 4.69) is 4.90 Å². The van der Waals surface area contributed by atoms with Gasteiger partial charge < -0.3 is 10.5 Å². The third-order valence-electron chi connectivity index (χ3n) is 3.15. The smallest absolute Gasteiger partial charge is 0.383 e. The second-order valence-corrected chi connectivity index (χ2v) is 5.63. The fraction of sp³-hybridized carbons (Fsp3) is 0.571. The van der Waals surface area contributed by atoms with Crippen molar-refractivity contribution < 1.29 is 17.9 Å². The number of benzene rings is 1. The highest BCUT2D eigenvalue weighted by atomic mass is 32.2. The molecule has 0 aliphatic carbocycles. The van der Waals surface area contributed by atoms with E-state index in [0.717, 1.165) is 18.7 Å². The van der Waals surface area contributed by atoms with E-state index in [1.165, 1.54) is 12.1 Å². The second kappa shape index (κ2) is 8.63. The van der Waals surface area contributed by atoms with Crippen molar-refractivity contribution in [2.75, 3.05) is 33.4 Å². The van der Waals surface area contributed by atoms with Crippen LogP contribution in [0.3, 0.4) is 0 Å². The van der Waals surface area contributed by atoms with Crippen molar-refractivity contribution in [1.29, 1.82) is 0 Å². The predicted octanol–water partition coefficient (Wildman–Crippen LogP) is 3.27. The Morgan fingerprint density at radius 2 is 1.90 bits per heavy atom.